The summed E-state index contributed by atoms with van der Waals surface area (Å²) in [5, 5.41) is 3.54. The zero-order chi connectivity index (χ0) is 20.0. The van der Waals surface area contributed by atoms with E-state index in [0.717, 1.165) is 30.9 Å². The zero-order valence-electron chi connectivity index (χ0n) is 17.0. The molecule has 152 valence electrons. The summed E-state index contributed by atoms with van der Waals surface area (Å²) < 4.78 is 5.58. The molecule has 3 aliphatic rings. The number of nitrogens with one attached hydrogen (secondary N) is 1. The van der Waals surface area contributed by atoms with E-state index >= 15 is 0 Å². The molecule has 0 aromatic heterocycles. The minimum Gasteiger partial charge on any atom is -0.495 e. The minimum atomic E-state index is -0.376. The molecular formula is C20H29N5O3. The Labute approximate surface area is 166 Å². The second-order valence-corrected chi connectivity index (χ2v) is 7.94. The van der Waals surface area contributed by atoms with Gasteiger partial charge < -0.3 is 14.5 Å². The summed E-state index contributed by atoms with van der Waals surface area (Å²) in [5.41, 5.74) is 0.990. The molecule has 1 aromatic rings. The normalized spacial score (nSPS) is 30.5. The number of carbonyl (C=O) groups excluding carboxylic acids is 2. The smallest absolute Gasteiger partial charge is 0.327 e. The van der Waals surface area contributed by atoms with Crippen LogP contribution in [0.15, 0.2) is 24.3 Å². The van der Waals surface area contributed by atoms with Gasteiger partial charge in [0.05, 0.1) is 12.8 Å². The SMILES string of the molecule is CCCN1C(=O)C2C(NC3N(c4ccccc4OC)CC(C)CN23)N(C)C1=O. The van der Waals surface area contributed by atoms with Crippen molar-refractivity contribution in [3.8, 4) is 5.75 Å². The quantitative estimate of drug-likeness (QED) is 0.841. The topological polar surface area (TPSA) is 68.4 Å². The maximum absolute atomic E-state index is 13.2. The fourth-order valence-electron chi connectivity index (χ4n) is 4.70. The van der Waals surface area contributed by atoms with Gasteiger partial charge >= 0.3 is 6.03 Å². The van der Waals surface area contributed by atoms with E-state index in [-0.39, 0.29) is 30.4 Å². The third-order valence-corrected chi connectivity index (χ3v) is 5.93. The molecule has 3 aliphatic heterocycles. The number of para-hydroxylation sites is 2. The van der Waals surface area contributed by atoms with E-state index in [0.29, 0.717) is 12.5 Å². The number of anilines is 1. The van der Waals surface area contributed by atoms with Gasteiger partial charge in [-0.3, -0.25) is 19.9 Å². The average molecular weight is 387 g/mol. The number of ether oxygens (including phenoxy) is 1. The van der Waals surface area contributed by atoms with E-state index in [1.54, 1.807) is 19.1 Å². The van der Waals surface area contributed by atoms with Crippen LogP contribution in [-0.4, -0.2) is 78.9 Å². The molecule has 1 N–H and O–H groups in total. The van der Waals surface area contributed by atoms with Crippen LogP contribution >= 0.6 is 0 Å². The molecular weight excluding hydrogens is 358 g/mol. The Hall–Kier alpha value is -2.32. The van der Waals surface area contributed by atoms with Gasteiger partial charge in [0.15, 0.2) is 0 Å². The highest BCUT2D eigenvalue weighted by molar-refractivity contribution is 6.00. The number of fused-ring (bicyclic) bond motifs is 3. The maximum Gasteiger partial charge on any atom is 0.327 e. The summed E-state index contributed by atoms with van der Waals surface area (Å²) in [4.78, 5) is 33.5. The number of amides is 3. The van der Waals surface area contributed by atoms with Gasteiger partial charge in [0, 0.05) is 26.7 Å². The Morgan fingerprint density at radius 3 is 2.68 bits per heavy atom. The lowest BCUT2D eigenvalue weighted by atomic mass is 10.0. The molecule has 3 amide bonds. The first-order chi connectivity index (χ1) is 13.5. The molecule has 0 radical (unpaired) electrons. The Morgan fingerprint density at radius 1 is 1.21 bits per heavy atom. The maximum atomic E-state index is 13.2. The Morgan fingerprint density at radius 2 is 1.96 bits per heavy atom. The molecule has 4 atom stereocenters. The molecule has 4 rings (SSSR count). The largest absolute Gasteiger partial charge is 0.495 e. The standard InChI is InChI=1S/C20H29N5O3/c1-5-10-23-18(26)16-17(22(3)20(23)27)21-19-24(11-13(2)12-25(16)19)14-8-6-7-9-15(14)28-4/h6-9,13,16-17,19,21H,5,10-12H2,1-4H3. The third kappa shape index (κ3) is 2.82. The van der Waals surface area contributed by atoms with Crippen molar-refractivity contribution in [1.82, 2.24) is 20.0 Å². The summed E-state index contributed by atoms with van der Waals surface area (Å²) in [7, 11) is 3.45. The Kier molecular flexibility index (Phi) is 4.93. The number of methoxy groups -OCH3 is 1. The summed E-state index contributed by atoms with van der Waals surface area (Å²) in [6.45, 7) is 6.28. The van der Waals surface area contributed by atoms with Crippen LogP contribution in [0.25, 0.3) is 0 Å². The first-order valence-electron chi connectivity index (χ1n) is 9.97. The fraction of sp³-hybridized carbons (Fsp3) is 0.600. The van der Waals surface area contributed by atoms with Crippen LogP contribution in [0.4, 0.5) is 10.5 Å². The second-order valence-electron chi connectivity index (χ2n) is 7.94. The van der Waals surface area contributed by atoms with Crippen LogP contribution in [0.5, 0.6) is 5.75 Å². The minimum absolute atomic E-state index is 0.0981. The number of carbonyl (C=O) groups is 2. The number of rotatable bonds is 4. The van der Waals surface area contributed by atoms with Crippen LogP contribution in [-0.2, 0) is 4.79 Å². The first-order valence-corrected chi connectivity index (χ1v) is 9.97. The number of nitrogens with zero attached hydrogens (tertiary/aromatic N) is 4. The molecule has 0 bridgehead atoms. The van der Waals surface area contributed by atoms with E-state index in [1.165, 1.54) is 4.90 Å². The van der Waals surface area contributed by atoms with Crippen molar-refractivity contribution >= 4 is 17.6 Å². The summed E-state index contributed by atoms with van der Waals surface area (Å²) >= 11 is 0. The molecule has 4 unspecified atom stereocenters. The van der Waals surface area contributed by atoms with Gasteiger partial charge in [0.25, 0.3) is 5.91 Å². The van der Waals surface area contributed by atoms with Gasteiger partial charge in [-0.2, -0.15) is 0 Å². The lowest BCUT2D eigenvalue weighted by Crippen LogP contribution is -2.66. The van der Waals surface area contributed by atoms with Gasteiger partial charge in [0.1, 0.15) is 24.2 Å². The van der Waals surface area contributed by atoms with Crippen molar-refractivity contribution in [2.45, 2.75) is 38.8 Å². The van der Waals surface area contributed by atoms with Gasteiger partial charge in [0.2, 0.25) is 0 Å². The van der Waals surface area contributed by atoms with E-state index in [2.05, 4.69) is 22.0 Å². The zero-order valence-corrected chi connectivity index (χ0v) is 17.0. The molecule has 28 heavy (non-hydrogen) atoms. The number of benzene rings is 1. The summed E-state index contributed by atoms with van der Waals surface area (Å²) in [5.74, 6) is 1.08. The van der Waals surface area contributed by atoms with Crippen molar-refractivity contribution in [3.05, 3.63) is 24.3 Å². The van der Waals surface area contributed by atoms with Gasteiger partial charge in [-0.1, -0.05) is 26.0 Å². The van der Waals surface area contributed by atoms with E-state index in [9.17, 15) is 9.59 Å². The Balaban J connectivity index is 1.71. The first kappa shape index (κ1) is 19.0. The molecule has 1 aromatic carbocycles. The van der Waals surface area contributed by atoms with Crippen LogP contribution < -0.4 is 15.0 Å². The molecule has 0 saturated carbocycles. The number of urea groups is 1. The van der Waals surface area contributed by atoms with Crippen molar-refractivity contribution in [3.63, 3.8) is 0 Å². The molecule has 3 saturated heterocycles. The highest BCUT2D eigenvalue weighted by Crippen LogP contribution is 2.37. The van der Waals surface area contributed by atoms with Crippen LogP contribution in [0, 0.1) is 5.92 Å². The summed E-state index contributed by atoms with van der Waals surface area (Å²) in [6.07, 6.45) is 0.257. The molecule has 3 heterocycles. The predicted molar refractivity (Wildman–Crippen MR) is 106 cm³/mol. The average Bonchev–Trinajstić information content (AvgIpc) is 3.08. The second kappa shape index (κ2) is 7.25. The van der Waals surface area contributed by atoms with Crippen LogP contribution in [0.2, 0.25) is 0 Å². The lowest BCUT2D eigenvalue weighted by molar-refractivity contribution is -0.138. The third-order valence-electron chi connectivity index (χ3n) is 5.93. The fourth-order valence-corrected chi connectivity index (χ4v) is 4.70. The number of hydrogen-bond acceptors (Lipinski definition) is 6. The van der Waals surface area contributed by atoms with E-state index in [1.807, 2.05) is 31.2 Å². The van der Waals surface area contributed by atoms with E-state index < -0.39 is 0 Å². The van der Waals surface area contributed by atoms with E-state index in [4.69, 9.17) is 4.74 Å². The molecule has 8 nitrogen and oxygen atoms in total. The molecule has 3 fully saturated rings. The molecule has 8 heteroatoms. The van der Waals surface area contributed by atoms with Gasteiger partial charge in [-0.25, -0.2) is 4.79 Å². The van der Waals surface area contributed by atoms with Crippen molar-refractivity contribution in [2.75, 3.05) is 38.7 Å². The van der Waals surface area contributed by atoms with Crippen molar-refractivity contribution < 1.29 is 14.3 Å². The van der Waals surface area contributed by atoms with Gasteiger partial charge in [-0.05, 0) is 24.5 Å². The monoisotopic (exact) mass is 387 g/mol. The highest BCUT2D eigenvalue weighted by atomic mass is 16.5. The lowest BCUT2D eigenvalue weighted by Gasteiger charge is -2.46. The number of imide groups is 1. The van der Waals surface area contributed by atoms with Crippen molar-refractivity contribution in [1.29, 1.82) is 0 Å². The molecule has 0 spiro atoms. The summed E-state index contributed by atoms with van der Waals surface area (Å²) in [6, 6.07) is 7.33. The predicted octanol–water partition coefficient (Wildman–Crippen LogP) is 1.34. The Bertz CT molecular complexity index is 772. The molecule has 0 aliphatic carbocycles. The highest BCUT2D eigenvalue weighted by Gasteiger charge is 2.56. The van der Waals surface area contributed by atoms with Crippen LogP contribution in [0.1, 0.15) is 20.3 Å². The van der Waals surface area contributed by atoms with Crippen molar-refractivity contribution in [2.24, 2.45) is 5.92 Å². The van der Waals surface area contributed by atoms with Gasteiger partial charge in [-0.15, -0.1) is 0 Å². The van der Waals surface area contributed by atoms with Crippen LogP contribution in [0.3, 0.4) is 0 Å². The number of hydrogen-bond donors (Lipinski definition) is 1. The number of likely N-dealkylation sites (N-methyl/N-ethyl adjacent to an activating group) is 1.